The van der Waals surface area contributed by atoms with E-state index in [0.29, 0.717) is 12.5 Å². The Balaban J connectivity index is 0. The van der Waals surface area contributed by atoms with Gasteiger partial charge in [-0.3, -0.25) is 0 Å². The summed E-state index contributed by atoms with van der Waals surface area (Å²) in [5.74, 6) is 0.582. The zero-order valence-corrected chi connectivity index (χ0v) is 18.3. The maximum Gasteiger partial charge on any atom is 0.0459 e. The van der Waals surface area contributed by atoms with E-state index in [-0.39, 0.29) is 0 Å². The van der Waals surface area contributed by atoms with E-state index in [9.17, 15) is 0 Å². The van der Waals surface area contributed by atoms with Crippen molar-refractivity contribution < 1.29 is 5.11 Å². The third-order valence-electron chi connectivity index (χ3n) is 4.96. The molecule has 152 valence electrons. The molecule has 0 aromatic heterocycles. The number of hydrogen-bond donors (Lipinski definition) is 1. The lowest BCUT2D eigenvalue weighted by Gasteiger charge is -2.12. The topological polar surface area (TPSA) is 20.2 Å². The van der Waals surface area contributed by atoms with Gasteiger partial charge in [-0.05, 0) is 44.4 Å². The smallest absolute Gasteiger partial charge is 0.0459 e. The van der Waals surface area contributed by atoms with E-state index in [1.54, 1.807) is 0 Å². The molecule has 1 nitrogen and oxygen atoms in total. The Morgan fingerprint density at radius 1 is 0.640 bits per heavy atom. The van der Waals surface area contributed by atoms with Gasteiger partial charge in [0.2, 0.25) is 0 Å². The van der Waals surface area contributed by atoms with Crippen LogP contribution in [0.25, 0.3) is 0 Å². The predicted molar refractivity (Wildman–Crippen MR) is 116 cm³/mol. The minimum atomic E-state index is 0.396. The first-order chi connectivity index (χ1) is 12.2. The minimum Gasteiger partial charge on any atom is -0.396 e. The second kappa shape index (κ2) is 23.7. The van der Waals surface area contributed by atoms with Crippen LogP contribution in [0.5, 0.6) is 0 Å². The number of allylic oxidation sites excluding steroid dienone is 1. The average Bonchev–Trinajstić information content (AvgIpc) is 2.62. The first-order valence-corrected chi connectivity index (χ1v) is 11.4. The summed E-state index contributed by atoms with van der Waals surface area (Å²) in [5.41, 5.74) is 1.47. The van der Waals surface area contributed by atoms with Crippen molar-refractivity contribution in [3.63, 3.8) is 0 Å². The number of rotatable bonds is 17. The fourth-order valence-corrected chi connectivity index (χ4v) is 3.07. The van der Waals surface area contributed by atoms with Crippen LogP contribution in [0.4, 0.5) is 0 Å². The molecule has 0 atom stereocenters. The lowest BCUT2D eigenvalue weighted by atomic mass is 9.96. The molecular weight excluding hydrogens is 304 g/mol. The van der Waals surface area contributed by atoms with Crippen LogP contribution in [0, 0.1) is 5.92 Å². The van der Waals surface area contributed by atoms with Crippen LogP contribution in [-0.2, 0) is 0 Å². The van der Waals surface area contributed by atoms with Crippen LogP contribution in [0.2, 0.25) is 0 Å². The third kappa shape index (κ3) is 23.7. The van der Waals surface area contributed by atoms with E-state index in [2.05, 4.69) is 34.3 Å². The standard InChI is InChI=1S/C12H26O.C12H24/c1-3-5-7-9-12(11-13)10-8-6-4-2;1-4-6-8-10-12(3)11-9-7-5-2/h12-13H,3-11H2,1-2H3;3-11H2,1-2H3. The van der Waals surface area contributed by atoms with Crippen molar-refractivity contribution in [1.82, 2.24) is 0 Å². The summed E-state index contributed by atoms with van der Waals surface area (Å²) in [5, 5.41) is 9.12. The lowest BCUT2D eigenvalue weighted by molar-refractivity contribution is 0.204. The highest BCUT2D eigenvalue weighted by Crippen LogP contribution is 2.16. The third-order valence-corrected chi connectivity index (χ3v) is 4.96. The molecule has 0 aromatic rings. The number of hydrogen-bond acceptors (Lipinski definition) is 1. The summed E-state index contributed by atoms with van der Waals surface area (Å²) in [7, 11) is 0. The second-order valence-electron chi connectivity index (χ2n) is 7.70. The summed E-state index contributed by atoms with van der Waals surface area (Å²) < 4.78 is 0. The average molecular weight is 355 g/mol. The first kappa shape index (κ1) is 26.9. The van der Waals surface area contributed by atoms with Gasteiger partial charge in [-0.1, -0.05) is 104 Å². The Labute approximate surface area is 160 Å². The van der Waals surface area contributed by atoms with Gasteiger partial charge < -0.3 is 5.11 Å². The lowest BCUT2D eigenvalue weighted by Crippen LogP contribution is -2.05. The fourth-order valence-electron chi connectivity index (χ4n) is 3.07. The number of unbranched alkanes of at least 4 members (excludes halogenated alkanes) is 8. The van der Waals surface area contributed by atoms with Gasteiger partial charge in [0.15, 0.2) is 0 Å². The fraction of sp³-hybridized carbons (Fsp3) is 0.917. The molecule has 0 aliphatic heterocycles. The number of aliphatic hydroxyl groups excluding tert-OH is 1. The summed E-state index contributed by atoms with van der Waals surface area (Å²) in [6, 6.07) is 0. The Kier molecular flexibility index (Phi) is 25.5. The molecule has 0 aromatic carbocycles. The molecule has 0 fully saturated rings. The van der Waals surface area contributed by atoms with Crippen molar-refractivity contribution >= 4 is 0 Å². The van der Waals surface area contributed by atoms with E-state index in [0.717, 1.165) is 0 Å². The highest BCUT2D eigenvalue weighted by Gasteiger charge is 2.05. The van der Waals surface area contributed by atoms with E-state index in [1.807, 2.05) is 0 Å². The Morgan fingerprint density at radius 3 is 1.32 bits per heavy atom. The normalized spacial score (nSPS) is 10.6. The van der Waals surface area contributed by atoms with E-state index in [1.165, 1.54) is 108 Å². The van der Waals surface area contributed by atoms with Crippen molar-refractivity contribution in [1.29, 1.82) is 0 Å². The molecule has 0 saturated carbocycles. The SMILES string of the molecule is C=C(CCCCC)CCCCC.CCCCCC(CO)CCCCC. The predicted octanol–water partition coefficient (Wildman–Crippen LogP) is 8.46. The van der Waals surface area contributed by atoms with Gasteiger partial charge >= 0.3 is 0 Å². The van der Waals surface area contributed by atoms with Gasteiger partial charge in [0, 0.05) is 6.61 Å². The Hall–Kier alpha value is -0.300. The van der Waals surface area contributed by atoms with Gasteiger partial charge in [-0.2, -0.15) is 0 Å². The number of aliphatic hydroxyl groups is 1. The zero-order chi connectivity index (χ0) is 19.2. The Morgan fingerprint density at radius 2 is 1.00 bits per heavy atom. The molecule has 0 bridgehead atoms. The molecule has 0 spiro atoms. The molecule has 0 aliphatic carbocycles. The molecule has 0 saturated heterocycles. The molecule has 0 amide bonds. The largest absolute Gasteiger partial charge is 0.396 e. The van der Waals surface area contributed by atoms with Crippen LogP contribution in [-0.4, -0.2) is 11.7 Å². The molecule has 0 heterocycles. The molecular formula is C24H50O. The van der Waals surface area contributed by atoms with Crippen molar-refractivity contribution in [3.8, 4) is 0 Å². The van der Waals surface area contributed by atoms with Gasteiger partial charge in [-0.15, -0.1) is 0 Å². The highest BCUT2D eigenvalue weighted by atomic mass is 16.3. The first-order valence-electron chi connectivity index (χ1n) is 11.4. The highest BCUT2D eigenvalue weighted by molar-refractivity contribution is 4.93. The summed E-state index contributed by atoms with van der Waals surface area (Å²) >= 11 is 0. The second-order valence-corrected chi connectivity index (χ2v) is 7.70. The molecule has 1 heteroatoms. The van der Waals surface area contributed by atoms with Crippen LogP contribution < -0.4 is 0 Å². The monoisotopic (exact) mass is 354 g/mol. The van der Waals surface area contributed by atoms with E-state index >= 15 is 0 Å². The maximum atomic E-state index is 9.12. The quantitative estimate of drug-likeness (QED) is 0.205. The molecule has 0 aliphatic rings. The molecule has 1 N–H and O–H groups in total. The van der Waals surface area contributed by atoms with Crippen molar-refractivity contribution in [3.05, 3.63) is 12.2 Å². The zero-order valence-electron chi connectivity index (χ0n) is 18.3. The molecule has 0 radical (unpaired) electrons. The van der Waals surface area contributed by atoms with Crippen LogP contribution >= 0.6 is 0 Å². The van der Waals surface area contributed by atoms with E-state index < -0.39 is 0 Å². The minimum absolute atomic E-state index is 0.396. The van der Waals surface area contributed by atoms with Crippen LogP contribution in [0.15, 0.2) is 12.2 Å². The van der Waals surface area contributed by atoms with Gasteiger partial charge in [0.05, 0.1) is 0 Å². The van der Waals surface area contributed by atoms with E-state index in [4.69, 9.17) is 5.11 Å². The van der Waals surface area contributed by atoms with Crippen molar-refractivity contribution in [2.24, 2.45) is 5.92 Å². The molecule has 0 rings (SSSR count). The van der Waals surface area contributed by atoms with Gasteiger partial charge in [0.1, 0.15) is 0 Å². The van der Waals surface area contributed by atoms with Gasteiger partial charge in [-0.25, -0.2) is 0 Å². The maximum absolute atomic E-state index is 9.12. The van der Waals surface area contributed by atoms with Crippen molar-refractivity contribution in [2.75, 3.05) is 6.61 Å². The van der Waals surface area contributed by atoms with Crippen molar-refractivity contribution in [2.45, 2.75) is 130 Å². The molecule has 0 unspecified atom stereocenters. The summed E-state index contributed by atoms with van der Waals surface area (Å²) in [6.45, 7) is 13.4. The summed E-state index contributed by atoms with van der Waals surface area (Å²) in [4.78, 5) is 0. The van der Waals surface area contributed by atoms with Crippen LogP contribution in [0.3, 0.4) is 0 Å². The summed E-state index contributed by atoms with van der Waals surface area (Å²) in [6.07, 6.45) is 20.9. The van der Waals surface area contributed by atoms with Gasteiger partial charge in [0.25, 0.3) is 0 Å². The van der Waals surface area contributed by atoms with Crippen LogP contribution in [0.1, 0.15) is 130 Å². The molecule has 25 heavy (non-hydrogen) atoms. The Bertz CT molecular complexity index is 224.